The van der Waals surface area contributed by atoms with Crippen LogP contribution in [0.2, 0.25) is 0 Å². The Labute approximate surface area is 105 Å². The highest BCUT2D eigenvalue weighted by molar-refractivity contribution is 7.13. The lowest BCUT2D eigenvalue weighted by Gasteiger charge is -2.26. The number of fused-ring (bicyclic) bond motifs is 2. The van der Waals surface area contributed by atoms with Crippen molar-refractivity contribution < 1.29 is 9.53 Å². The lowest BCUT2D eigenvalue weighted by Crippen LogP contribution is -2.31. The average molecular weight is 252 g/mol. The van der Waals surface area contributed by atoms with E-state index in [0.717, 1.165) is 17.6 Å². The molecule has 1 saturated carbocycles. The SMILES string of the molecule is CCOC(=O)c1csc(N2CC3CCC2C3)n1. The van der Waals surface area contributed by atoms with Crippen molar-refractivity contribution in [1.29, 1.82) is 0 Å². The van der Waals surface area contributed by atoms with E-state index in [-0.39, 0.29) is 5.97 Å². The second kappa shape index (κ2) is 4.29. The number of rotatable bonds is 3. The number of anilines is 1. The molecule has 1 aromatic heterocycles. The van der Waals surface area contributed by atoms with E-state index in [2.05, 4.69) is 9.88 Å². The number of ether oxygens (including phenoxy) is 1. The quantitative estimate of drug-likeness (QED) is 0.774. The van der Waals surface area contributed by atoms with Gasteiger partial charge in [-0.2, -0.15) is 0 Å². The minimum atomic E-state index is -0.306. The van der Waals surface area contributed by atoms with Gasteiger partial charge in [-0.15, -0.1) is 11.3 Å². The van der Waals surface area contributed by atoms with Crippen molar-refractivity contribution in [3.05, 3.63) is 11.1 Å². The molecule has 0 amide bonds. The maximum Gasteiger partial charge on any atom is 0.357 e. The summed E-state index contributed by atoms with van der Waals surface area (Å²) in [6.07, 6.45) is 3.94. The Bertz CT molecular complexity index is 432. The van der Waals surface area contributed by atoms with Crippen LogP contribution in [-0.4, -0.2) is 30.1 Å². The third kappa shape index (κ3) is 1.92. The molecule has 2 bridgehead atoms. The zero-order valence-electron chi connectivity index (χ0n) is 9.89. The van der Waals surface area contributed by atoms with E-state index in [0.29, 0.717) is 18.3 Å². The maximum absolute atomic E-state index is 11.5. The molecule has 0 aromatic carbocycles. The van der Waals surface area contributed by atoms with Gasteiger partial charge in [0.15, 0.2) is 10.8 Å². The summed E-state index contributed by atoms with van der Waals surface area (Å²) in [6.45, 7) is 3.32. The summed E-state index contributed by atoms with van der Waals surface area (Å²) in [5.41, 5.74) is 0.453. The number of piperidine rings is 1. The molecule has 2 atom stereocenters. The van der Waals surface area contributed by atoms with Gasteiger partial charge in [0.2, 0.25) is 0 Å². The minimum Gasteiger partial charge on any atom is -0.461 e. The van der Waals surface area contributed by atoms with Crippen LogP contribution >= 0.6 is 11.3 Å². The molecule has 4 nitrogen and oxygen atoms in total. The van der Waals surface area contributed by atoms with Crippen molar-refractivity contribution in [1.82, 2.24) is 4.98 Å². The molecule has 0 radical (unpaired) electrons. The molecule has 0 spiro atoms. The van der Waals surface area contributed by atoms with E-state index in [4.69, 9.17) is 4.74 Å². The predicted molar refractivity (Wildman–Crippen MR) is 66.5 cm³/mol. The molecule has 2 fully saturated rings. The van der Waals surface area contributed by atoms with Crippen LogP contribution in [0, 0.1) is 5.92 Å². The third-order valence-electron chi connectivity index (χ3n) is 3.63. The molecule has 1 aromatic rings. The first kappa shape index (κ1) is 11.0. The third-order valence-corrected chi connectivity index (χ3v) is 4.51. The highest BCUT2D eigenvalue weighted by Crippen LogP contribution is 2.41. The maximum atomic E-state index is 11.5. The van der Waals surface area contributed by atoms with E-state index in [9.17, 15) is 4.79 Å². The summed E-state index contributed by atoms with van der Waals surface area (Å²) in [6, 6.07) is 0.654. The zero-order valence-corrected chi connectivity index (χ0v) is 10.7. The average Bonchev–Trinajstić information content (AvgIpc) is 3.05. The molecular weight excluding hydrogens is 236 g/mol. The molecule has 92 valence electrons. The molecule has 3 rings (SSSR count). The number of aromatic nitrogens is 1. The van der Waals surface area contributed by atoms with Crippen molar-refractivity contribution in [2.75, 3.05) is 18.1 Å². The first-order valence-corrected chi connectivity index (χ1v) is 7.05. The lowest BCUT2D eigenvalue weighted by atomic mass is 10.1. The van der Waals surface area contributed by atoms with E-state index in [1.165, 1.54) is 19.3 Å². The molecule has 2 heterocycles. The van der Waals surface area contributed by atoms with Gasteiger partial charge < -0.3 is 9.64 Å². The van der Waals surface area contributed by atoms with E-state index < -0.39 is 0 Å². The standard InChI is InChI=1S/C12H16N2O2S/c1-2-16-11(15)10-7-17-12(13-10)14-6-8-3-4-9(14)5-8/h7-9H,2-6H2,1H3. The Hall–Kier alpha value is -1.10. The van der Waals surface area contributed by atoms with Gasteiger partial charge >= 0.3 is 5.97 Å². The molecule has 5 heteroatoms. The van der Waals surface area contributed by atoms with Crippen LogP contribution in [0.3, 0.4) is 0 Å². The topological polar surface area (TPSA) is 42.4 Å². The second-order valence-electron chi connectivity index (χ2n) is 4.72. The Morgan fingerprint density at radius 2 is 2.53 bits per heavy atom. The summed E-state index contributed by atoms with van der Waals surface area (Å²) in [7, 11) is 0. The summed E-state index contributed by atoms with van der Waals surface area (Å²) >= 11 is 1.55. The summed E-state index contributed by atoms with van der Waals surface area (Å²) in [5, 5.41) is 2.79. The van der Waals surface area contributed by atoms with Crippen LogP contribution < -0.4 is 4.90 Å². The lowest BCUT2D eigenvalue weighted by molar-refractivity contribution is 0.0520. The van der Waals surface area contributed by atoms with Crippen molar-refractivity contribution in [3.63, 3.8) is 0 Å². The van der Waals surface area contributed by atoms with Crippen LogP contribution in [0.4, 0.5) is 5.13 Å². The highest BCUT2D eigenvalue weighted by atomic mass is 32.1. The largest absolute Gasteiger partial charge is 0.461 e. The molecule has 2 aliphatic rings. The summed E-state index contributed by atoms with van der Waals surface area (Å²) < 4.78 is 4.95. The Balaban J connectivity index is 1.74. The summed E-state index contributed by atoms with van der Waals surface area (Å²) in [5.74, 6) is 0.536. The number of nitrogens with zero attached hydrogens (tertiary/aromatic N) is 2. The van der Waals surface area contributed by atoms with Gasteiger partial charge in [-0.25, -0.2) is 9.78 Å². The van der Waals surface area contributed by atoms with Gasteiger partial charge in [-0.05, 0) is 32.1 Å². The number of hydrogen-bond donors (Lipinski definition) is 0. The highest BCUT2D eigenvalue weighted by Gasteiger charge is 2.39. The number of carbonyl (C=O) groups is 1. The normalized spacial score (nSPS) is 26.5. The first-order valence-electron chi connectivity index (χ1n) is 6.17. The second-order valence-corrected chi connectivity index (χ2v) is 5.56. The molecule has 2 unspecified atom stereocenters. The number of hydrogen-bond acceptors (Lipinski definition) is 5. The van der Waals surface area contributed by atoms with Gasteiger partial charge in [0.1, 0.15) is 0 Å². The molecule has 1 saturated heterocycles. The van der Waals surface area contributed by atoms with E-state index in [1.807, 2.05) is 6.92 Å². The fourth-order valence-electron chi connectivity index (χ4n) is 2.85. The predicted octanol–water partition coefficient (Wildman–Crippen LogP) is 2.31. The fourth-order valence-corrected chi connectivity index (χ4v) is 3.73. The van der Waals surface area contributed by atoms with Crippen molar-refractivity contribution in [2.24, 2.45) is 5.92 Å². The molecular formula is C12H16N2O2S. The number of thiazole rings is 1. The Morgan fingerprint density at radius 3 is 3.18 bits per heavy atom. The summed E-state index contributed by atoms with van der Waals surface area (Å²) in [4.78, 5) is 18.3. The van der Waals surface area contributed by atoms with Crippen LogP contribution in [0.1, 0.15) is 36.7 Å². The molecule has 1 aliphatic carbocycles. The molecule has 0 N–H and O–H groups in total. The fraction of sp³-hybridized carbons (Fsp3) is 0.667. The van der Waals surface area contributed by atoms with Gasteiger partial charge in [0.05, 0.1) is 6.61 Å². The first-order chi connectivity index (χ1) is 8.28. The van der Waals surface area contributed by atoms with Crippen LogP contribution in [0.15, 0.2) is 5.38 Å². The van der Waals surface area contributed by atoms with Crippen molar-refractivity contribution in [3.8, 4) is 0 Å². The monoisotopic (exact) mass is 252 g/mol. The van der Waals surface area contributed by atoms with Crippen LogP contribution in [-0.2, 0) is 4.74 Å². The van der Waals surface area contributed by atoms with E-state index in [1.54, 1.807) is 16.7 Å². The molecule has 17 heavy (non-hydrogen) atoms. The molecule has 1 aliphatic heterocycles. The van der Waals surface area contributed by atoms with Crippen LogP contribution in [0.25, 0.3) is 0 Å². The van der Waals surface area contributed by atoms with E-state index >= 15 is 0 Å². The zero-order chi connectivity index (χ0) is 11.8. The Kier molecular flexibility index (Phi) is 2.78. The Morgan fingerprint density at radius 1 is 1.65 bits per heavy atom. The van der Waals surface area contributed by atoms with Crippen molar-refractivity contribution >= 4 is 22.4 Å². The van der Waals surface area contributed by atoms with Gasteiger partial charge in [0.25, 0.3) is 0 Å². The van der Waals surface area contributed by atoms with Gasteiger partial charge in [-0.1, -0.05) is 0 Å². The number of esters is 1. The minimum absolute atomic E-state index is 0.306. The number of carbonyl (C=O) groups excluding carboxylic acids is 1. The smallest absolute Gasteiger partial charge is 0.357 e. The van der Waals surface area contributed by atoms with Gasteiger partial charge in [0, 0.05) is 18.0 Å². The van der Waals surface area contributed by atoms with Gasteiger partial charge in [-0.3, -0.25) is 0 Å². The van der Waals surface area contributed by atoms with Crippen molar-refractivity contribution in [2.45, 2.75) is 32.2 Å². The van der Waals surface area contributed by atoms with Crippen LogP contribution in [0.5, 0.6) is 0 Å².